The van der Waals surface area contributed by atoms with Gasteiger partial charge in [-0.15, -0.1) is 11.3 Å². The first-order valence-electron chi connectivity index (χ1n) is 8.20. The van der Waals surface area contributed by atoms with Crippen LogP contribution >= 0.6 is 23.5 Å². The number of nitrogens with two attached hydrogens (primary N) is 1. The number of aromatic nitrogens is 1. The Bertz CT molecular complexity index is 525. The molecule has 1 atom stereocenters. The van der Waals surface area contributed by atoms with E-state index in [0.717, 1.165) is 35.3 Å². The van der Waals surface area contributed by atoms with Crippen molar-refractivity contribution in [2.24, 2.45) is 11.7 Å². The molecule has 0 unspecified atom stereocenters. The van der Waals surface area contributed by atoms with Gasteiger partial charge in [0.05, 0.1) is 11.4 Å². The standard InChI is InChI=1S/C11H16N4S.C5H11N.CH3FS/c1-3-4-14-8(2)10-7-16-11(15-10)9(5-12)6-13;1-5-2-3-6-4-5;1-3-2/h5-7,12,14H,2-4,13H2,1H3;5-6H,2-4H2,1H3;1H3/b9-6+,12-5?;;/t;5-;/m.0./s1. The summed E-state index contributed by atoms with van der Waals surface area (Å²) in [5, 5.41) is 16.3. The Hall–Kier alpha value is -1.38. The molecule has 0 spiro atoms. The highest BCUT2D eigenvalue weighted by Crippen LogP contribution is 2.20. The molecule has 1 aromatic rings. The zero-order valence-corrected chi connectivity index (χ0v) is 16.9. The number of nitrogens with one attached hydrogen (secondary N) is 3. The van der Waals surface area contributed by atoms with E-state index in [0.29, 0.717) is 5.57 Å². The molecular weight excluding hydrogens is 357 g/mol. The van der Waals surface area contributed by atoms with Gasteiger partial charge >= 0.3 is 0 Å². The third kappa shape index (κ3) is 10.3. The third-order valence-electron chi connectivity index (χ3n) is 3.29. The summed E-state index contributed by atoms with van der Waals surface area (Å²) in [7, 11) is 0. The minimum atomic E-state index is 0.250. The van der Waals surface area contributed by atoms with Crippen molar-refractivity contribution < 1.29 is 3.89 Å². The van der Waals surface area contributed by atoms with Crippen LogP contribution in [0.5, 0.6) is 0 Å². The highest BCUT2D eigenvalue weighted by molar-refractivity contribution is 7.93. The van der Waals surface area contributed by atoms with E-state index in [1.807, 2.05) is 5.38 Å². The largest absolute Gasteiger partial charge is 0.404 e. The van der Waals surface area contributed by atoms with Gasteiger partial charge in [-0.3, -0.25) is 0 Å². The fourth-order valence-corrected chi connectivity index (χ4v) is 2.72. The second kappa shape index (κ2) is 14.9. The maximum Gasteiger partial charge on any atom is 0.127 e. The smallest absolute Gasteiger partial charge is 0.127 e. The Balaban J connectivity index is 0.000000524. The lowest BCUT2D eigenvalue weighted by atomic mass is 10.2. The number of nitrogens with zero attached hydrogens (tertiary/aromatic N) is 1. The van der Waals surface area contributed by atoms with E-state index in [-0.39, 0.29) is 12.1 Å². The molecule has 1 aliphatic rings. The van der Waals surface area contributed by atoms with Gasteiger partial charge in [0.15, 0.2) is 0 Å². The van der Waals surface area contributed by atoms with E-state index in [1.54, 1.807) is 0 Å². The summed E-state index contributed by atoms with van der Waals surface area (Å²) in [5.41, 5.74) is 7.65. The topological polar surface area (TPSA) is 86.8 Å². The zero-order chi connectivity index (χ0) is 19.1. The van der Waals surface area contributed by atoms with Gasteiger partial charge in [-0.25, -0.2) is 4.98 Å². The lowest BCUT2D eigenvalue weighted by Crippen LogP contribution is -2.12. The first-order valence-corrected chi connectivity index (χ1v) is 10.2. The van der Waals surface area contributed by atoms with E-state index in [2.05, 4.69) is 36.0 Å². The average molecular weight is 388 g/mol. The van der Waals surface area contributed by atoms with Gasteiger partial charge in [0, 0.05) is 48.3 Å². The summed E-state index contributed by atoms with van der Waals surface area (Å²) in [5.74, 6) is 0.935. The summed E-state index contributed by atoms with van der Waals surface area (Å²) >= 11 is 1.71. The van der Waals surface area contributed by atoms with Crippen molar-refractivity contribution >= 4 is 41.0 Å². The lowest BCUT2D eigenvalue weighted by molar-refractivity contribution is 0.651. The highest BCUT2D eigenvalue weighted by atomic mass is 32.2. The van der Waals surface area contributed by atoms with Crippen LogP contribution in [0.2, 0.25) is 0 Å². The molecule has 1 saturated heterocycles. The van der Waals surface area contributed by atoms with Gasteiger partial charge in [-0.2, -0.15) is 3.89 Å². The van der Waals surface area contributed by atoms with Gasteiger partial charge in [0.2, 0.25) is 0 Å². The molecule has 2 rings (SSSR count). The fourth-order valence-electron chi connectivity index (χ4n) is 1.89. The Morgan fingerprint density at radius 3 is 2.76 bits per heavy atom. The van der Waals surface area contributed by atoms with Crippen LogP contribution in [0.3, 0.4) is 0 Å². The third-order valence-corrected chi connectivity index (χ3v) is 4.18. The van der Waals surface area contributed by atoms with Crippen LogP contribution in [-0.4, -0.2) is 37.1 Å². The molecule has 0 saturated carbocycles. The summed E-state index contributed by atoms with van der Waals surface area (Å²) < 4.78 is 10.2. The van der Waals surface area contributed by atoms with E-state index in [1.165, 1.54) is 49.5 Å². The van der Waals surface area contributed by atoms with Crippen LogP contribution < -0.4 is 16.4 Å². The van der Waals surface area contributed by atoms with E-state index in [4.69, 9.17) is 11.1 Å². The molecule has 25 heavy (non-hydrogen) atoms. The molecule has 0 aromatic carbocycles. The number of hydrogen-bond donors (Lipinski definition) is 4. The zero-order valence-electron chi connectivity index (χ0n) is 15.3. The van der Waals surface area contributed by atoms with Gasteiger partial charge in [-0.1, -0.05) is 20.4 Å². The molecule has 0 bridgehead atoms. The Labute approximate surface area is 159 Å². The van der Waals surface area contributed by atoms with Gasteiger partial charge in [-0.05, 0) is 31.8 Å². The van der Waals surface area contributed by atoms with Crippen LogP contribution in [0.25, 0.3) is 11.3 Å². The van der Waals surface area contributed by atoms with Crippen LogP contribution in [-0.2, 0) is 0 Å². The SMILES string of the molecule is C=C(NCCC)c1csc(/C(C=N)=C/N)n1.CSF.C[C@H]1CCNC1. The van der Waals surface area contributed by atoms with Crippen molar-refractivity contribution in [1.82, 2.24) is 15.6 Å². The molecular formula is C17H30FN5S2. The molecule has 0 aliphatic carbocycles. The van der Waals surface area contributed by atoms with Crippen molar-refractivity contribution in [3.8, 4) is 0 Å². The highest BCUT2D eigenvalue weighted by Gasteiger charge is 2.07. The average Bonchev–Trinajstić information content (AvgIpc) is 3.27. The van der Waals surface area contributed by atoms with Crippen LogP contribution in [0.15, 0.2) is 18.2 Å². The summed E-state index contributed by atoms with van der Waals surface area (Å²) in [6.07, 6.45) is 6.38. The molecule has 5 N–H and O–H groups in total. The summed E-state index contributed by atoms with van der Waals surface area (Å²) in [6, 6.07) is 0. The summed E-state index contributed by atoms with van der Waals surface area (Å²) in [6.45, 7) is 11.6. The predicted molar refractivity (Wildman–Crippen MR) is 112 cm³/mol. The molecule has 142 valence electrons. The fraction of sp³-hybridized carbons (Fsp3) is 0.529. The number of thiazole rings is 1. The summed E-state index contributed by atoms with van der Waals surface area (Å²) in [4.78, 5) is 4.36. The molecule has 0 radical (unpaired) electrons. The second-order valence-electron chi connectivity index (χ2n) is 5.46. The van der Waals surface area contributed by atoms with Crippen molar-refractivity contribution in [2.45, 2.75) is 26.7 Å². The van der Waals surface area contributed by atoms with Gasteiger partial charge < -0.3 is 21.8 Å². The first-order chi connectivity index (χ1) is 12.0. The maximum absolute atomic E-state index is 10.2. The van der Waals surface area contributed by atoms with Gasteiger partial charge in [0.1, 0.15) is 5.01 Å². The van der Waals surface area contributed by atoms with Crippen molar-refractivity contribution in [3.05, 3.63) is 28.9 Å². The molecule has 2 heterocycles. The number of rotatable bonds is 6. The van der Waals surface area contributed by atoms with E-state index in [9.17, 15) is 3.89 Å². The minimum Gasteiger partial charge on any atom is -0.404 e. The molecule has 1 aromatic heterocycles. The molecule has 5 nitrogen and oxygen atoms in total. The number of hydrogen-bond acceptors (Lipinski definition) is 7. The molecule has 1 aliphatic heterocycles. The molecule has 8 heteroatoms. The minimum absolute atomic E-state index is 0.250. The molecule has 0 amide bonds. The Kier molecular flexibility index (Phi) is 14.1. The number of halogens is 1. The first kappa shape index (κ1) is 23.6. The number of allylic oxidation sites excluding steroid dienone is 1. The monoisotopic (exact) mass is 387 g/mol. The van der Waals surface area contributed by atoms with E-state index < -0.39 is 0 Å². The van der Waals surface area contributed by atoms with Crippen molar-refractivity contribution in [1.29, 1.82) is 5.41 Å². The molecule has 1 fully saturated rings. The van der Waals surface area contributed by atoms with Gasteiger partial charge in [0.25, 0.3) is 0 Å². The van der Waals surface area contributed by atoms with Crippen LogP contribution in [0, 0.1) is 11.3 Å². The maximum atomic E-state index is 10.2. The van der Waals surface area contributed by atoms with Crippen LogP contribution in [0.1, 0.15) is 37.4 Å². The predicted octanol–water partition coefficient (Wildman–Crippen LogP) is 3.91. The quantitative estimate of drug-likeness (QED) is 0.556. The normalized spacial score (nSPS) is 16.2. The lowest BCUT2D eigenvalue weighted by Gasteiger charge is -2.04. The van der Waals surface area contributed by atoms with Crippen molar-refractivity contribution in [3.63, 3.8) is 0 Å². The Morgan fingerprint density at radius 1 is 1.68 bits per heavy atom. The van der Waals surface area contributed by atoms with Crippen LogP contribution in [0.4, 0.5) is 3.89 Å². The van der Waals surface area contributed by atoms with E-state index >= 15 is 0 Å². The van der Waals surface area contributed by atoms with Crippen molar-refractivity contribution in [2.75, 3.05) is 25.9 Å². The second-order valence-corrected chi connectivity index (χ2v) is 6.63. The Morgan fingerprint density at radius 2 is 2.36 bits per heavy atom.